The molecule has 0 saturated carbocycles. The number of aryl methyl sites for hydroxylation is 1. The van der Waals surface area contributed by atoms with E-state index in [-0.39, 0.29) is 17.3 Å². The molecule has 2 aliphatic rings. The first-order chi connectivity index (χ1) is 12.0. The Balaban J connectivity index is 1.47. The summed E-state index contributed by atoms with van der Waals surface area (Å²) >= 11 is 0. The zero-order valence-corrected chi connectivity index (χ0v) is 14.4. The van der Waals surface area contributed by atoms with Crippen LogP contribution >= 0.6 is 0 Å². The van der Waals surface area contributed by atoms with Crippen LogP contribution in [0.1, 0.15) is 30.1 Å². The normalized spacial score (nSPS) is 21.2. The van der Waals surface area contributed by atoms with Gasteiger partial charge in [-0.2, -0.15) is 4.72 Å². The molecule has 0 unspecified atom stereocenters. The first-order valence-electron chi connectivity index (χ1n) is 8.33. The Morgan fingerprint density at radius 1 is 1.28 bits per heavy atom. The third-order valence-electron chi connectivity index (χ3n) is 4.66. The lowest BCUT2D eigenvalue weighted by atomic mass is 10.1. The number of amides is 1. The summed E-state index contributed by atoms with van der Waals surface area (Å²) in [6.45, 7) is 1.10. The Bertz CT molecular complexity index is 922. The maximum atomic E-state index is 12.5. The van der Waals surface area contributed by atoms with Gasteiger partial charge >= 0.3 is 0 Å². The van der Waals surface area contributed by atoms with E-state index < -0.39 is 16.1 Å². The molecule has 25 heavy (non-hydrogen) atoms. The van der Waals surface area contributed by atoms with Crippen LogP contribution in [0.15, 0.2) is 29.2 Å². The topological polar surface area (TPSA) is 106 Å². The fraction of sp³-hybridized carbons (Fsp3) is 0.438. The van der Waals surface area contributed by atoms with E-state index in [0.29, 0.717) is 17.8 Å². The summed E-state index contributed by atoms with van der Waals surface area (Å²) in [5.74, 6) is 1.30. The van der Waals surface area contributed by atoms with Gasteiger partial charge in [-0.1, -0.05) is 18.2 Å². The summed E-state index contributed by atoms with van der Waals surface area (Å²) in [5.41, 5.74) is 0.654. The standard InChI is InChI=1S/C16H19N5O3S/c22-16(17-10-15-19-18-14-7-3-4-8-21(14)15)12-9-11-5-1-2-6-13(11)25(23,24)20-12/h1-2,5-6,12,20H,3-4,7-10H2,(H,17,22)/t12-/m0/s1. The highest BCUT2D eigenvalue weighted by Crippen LogP contribution is 2.22. The summed E-state index contributed by atoms with van der Waals surface area (Å²) in [5, 5.41) is 11.1. The van der Waals surface area contributed by atoms with Crippen LogP contribution < -0.4 is 10.0 Å². The van der Waals surface area contributed by atoms with Crippen molar-refractivity contribution in [2.45, 2.75) is 49.7 Å². The highest BCUT2D eigenvalue weighted by Gasteiger charge is 2.33. The largest absolute Gasteiger partial charge is 0.347 e. The van der Waals surface area contributed by atoms with Gasteiger partial charge in [0.25, 0.3) is 0 Å². The number of carbonyl (C=O) groups is 1. The molecular formula is C16H19N5O3S. The van der Waals surface area contributed by atoms with Crippen molar-refractivity contribution in [2.75, 3.05) is 0 Å². The fourth-order valence-corrected chi connectivity index (χ4v) is 4.83. The van der Waals surface area contributed by atoms with Crippen LogP contribution in [0.3, 0.4) is 0 Å². The molecule has 0 saturated heterocycles. The van der Waals surface area contributed by atoms with E-state index in [0.717, 1.165) is 31.6 Å². The Morgan fingerprint density at radius 2 is 2.12 bits per heavy atom. The van der Waals surface area contributed by atoms with Crippen molar-refractivity contribution < 1.29 is 13.2 Å². The van der Waals surface area contributed by atoms with Gasteiger partial charge in [0.15, 0.2) is 5.82 Å². The van der Waals surface area contributed by atoms with Crippen LogP contribution in [0, 0.1) is 0 Å². The molecule has 1 atom stereocenters. The maximum Gasteiger partial charge on any atom is 0.241 e. The molecule has 132 valence electrons. The van der Waals surface area contributed by atoms with Crippen LogP contribution in [-0.4, -0.2) is 35.1 Å². The number of carbonyl (C=O) groups excluding carboxylic acids is 1. The molecule has 0 fully saturated rings. The van der Waals surface area contributed by atoms with Crippen molar-refractivity contribution in [2.24, 2.45) is 0 Å². The van der Waals surface area contributed by atoms with Gasteiger partial charge in [-0.3, -0.25) is 4.79 Å². The average Bonchev–Trinajstić information content (AvgIpc) is 3.02. The summed E-state index contributed by atoms with van der Waals surface area (Å²) in [6.07, 6.45) is 3.41. The van der Waals surface area contributed by atoms with Gasteiger partial charge in [0.1, 0.15) is 11.9 Å². The summed E-state index contributed by atoms with van der Waals surface area (Å²) in [4.78, 5) is 12.7. The number of sulfonamides is 1. The minimum atomic E-state index is -3.67. The van der Waals surface area contributed by atoms with Crippen molar-refractivity contribution in [1.29, 1.82) is 0 Å². The van der Waals surface area contributed by atoms with E-state index in [1.165, 1.54) is 0 Å². The third kappa shape index (κ3) is 3.05. The van der Waals surface area contributed by atoms with Gasteiger partial charge in [0, 0.05) is 13.0 Å². The molecule has 0 aliphatic carbocycles. The fourth-order valence-electron chi connectivity index (χ4n) is 3.38. The number of nitrogens with zero attached hydrogens (tertiary/aromatic N) is 3. The molecule has 9 heteroatoms. The highest BCUT2D eigenvalue weighted by atomic mass is 32.2. The summed E-state index contributed by atoms with van der Waals surface area (Å²) < 4.78 is 29.1. The average molecular weight is 361 g/mol. The zero-order valence-electron chi connectivity index (χ0n) is 13.6. The predicted molar refractivity (Wildman–Crippen MR) is 89.1 cm³/mol. The lowest BCUT2D eigenvalue weighted by Gasteiger charge is -2.25. The van der Waals surface area contributed by atoms with Gasteiger partial charge < -0.3 is 9.88 Å². The highest BCUT2D eigenvalue weighted by molar-refractivity contribution is 7.89. The van der Waals surface area contributed by atoms with E-state index in [1.54, 1.807) is 24.3 Å². The minimum absolute atomic E-state index is 0.241. The molecule has 0 radical (unpaired) electrons. The first-order valence-corrected chi connectivity index (χ1v) is 9.82. The summed E-state index contributed by atoms with van der Waals surface area (Å²) in [6, 6.07) is 5.92. The lowest BCUT2D eigenvalue weighted by Crippen LogP contribution is -2.50. The number of aromatic nitrogens is 3. The molecule has 8 nitrogen and oxygen atoms in total. The number of benzene rings is 1. The molecule has 0 bridgehead atoms. The molecule has 1 aromatic heterocycles. The number of hydrogen-bond acceptors (Lipinski definition) is 5. The third-order valence-corrected chi connectivity index (χ3v) is 6.23. The second kappa shape index (κ2) is 6.23. The van der Waals surface area contributed by atoms with Crippen LogP contribution in [0.25, 0.3) is 0 Å². The van der Waals surface area contributed by atoms with Crippen LogP contribution in [0.4, 0.5) is 0 Å². The number of rotatable bonds is 3. The zero-order chi connectivity index (χ0) is 17.4. The molecule has 2 N–H and O–H groups in total. The second-order valence-corrected chi connectivity index (χ2v) is 8.03. The van der Waals surface area contributed by atoms with Crippen LogP contribution in [-0.2, 0) is 40.7 Å². The van der Waals surface area contributed by atoms with Gasteiger partial charge in [-0.15, -0.1) is 10.2 Å². The molecule has 1 aromatic carbocycles. The van der Waals surface area contributed by atoms with Crippen LogP contribution in [0.2, 0.25) is 0 Å². The predicted octanol–water partition coefficient (Wildman–Crippen LogP) is 0.134. The number of nitrogens with one attached hydrogen (secondary N) is 2. The van der Waals surface area contributed by atoms with Crippen molar-refractivity contribution in [1.82, 2.24) is 24.8 Å². The van der Waals surface area contributed by atoms with Crippen molar-refractivity contribution >= 4 is 15.9 Å². The minimum Gasteiger partial charge on any atom is -0.347 e. The summed E-state index contributed by atoms with van der Waals surface area (Å²) in [7, 11) is -3.67. The lowest BCUT2D eigenvalue weighted by molar-refractivity contribution is -0.123. The van der Waals surface area contributed by atoms with Gasteiger partial charge in [-0.05, 0) is 30.9 Å². The van der Waals surface area contributed by atoms with E-state index in [2.05, 4.69) is 20.2 Å². The molecule has 2 aliphatic heterocycles. The maximum absolute atomic E-state index is 12.5. The van der Waals surface area contributed by atoms with Gasteiger partial charge in [0.05, 0.1) is 11.4 Å². The monoisotopic (exact) mass is 361 g/mol. The SMILES string of the molecule is O=C(NCc1nnc2n1CCCC2)[C@@H]1Cc2ccccc2S(=O)(=O)N1. The van der Waals surface area contributed by atoms with E-state index in [9.17, 15) is 13.2 Å². The molecule has 3 heterocycles. The molecule has 0 spiro atoms. The van der Waals surface area contributed by atoms with Gasteiger partial charge in [0.2, 0.25) is 15.9 Å². The quantitative estimate of drug-likeness (QED) is 0.809. The molecular weight excluding hydrogens is 342 g/mol. The van der Waals surface area contributed by atoms with Crippen LogP contribution in [0.5, 0.6) is 0 Å². The van der Waals surface area contributed by atoms with Crippen molar-refractivity contribution in [3.63, 3.8) is 0 Å². The number of hydrogen-bond donors (Lipinski definition) is 2. The van der Waals surface area contributed by atoms with Crippen molar-refractivity contribution in [3.05, 3.63) is 41.5 Å². The Labute approximate surface area is 145 Å². The molecule has 1 amide bonds. The van der Waals surface area contributed by atoms with E-state index >= 15 is 0 Å². The van der Waals surface area contributed by atoms with Crippen molar-refractivity contribution in [3.8, 4) is 0 Å². The second-order valence-electron chi connectivity index (χ2n) is 6.34. The van der Waals surface area contributed by atoms with E-state index in [1.807, 2.05) is 4.57 Å². The van der Waals surface area contributed by atoms with Gasteiger partial charge in [-0.25, -0.2) is 8.42 Å². The smallest absolute Gasteiger partial charge is 0.241 e. The Hall–Kier alpha value is -2.26. The van der Waals surface area contributed by atoms with E-state index in [4.69, 9.17) is 0 Å². The molecule has 2 aromatic rings. The first kappa shape index (κ1) is 16.2. The Morgan fingerprint density at radius 3 is 3.00 bits per heavy atom. The molecule has 4 rings (SSSR count). The Kier molecular flexibility index (Phi) is 4.04. The number of fused-ring (bicyclic) bond motifs is 2.